The molecular formula is C22H24ClN5O2. The van der Waals surface area contributed by atoms with Gasteiger partial charge in [0.25, 0.3) is 5.91 Å². The summed E-state index contributed by atoms with van der Waals surface area (Å²) in [4.78, 5) is 17.1. The zero-order valence-corrected chi connectivity index (χ0v) is 17.5. The molecule has 3 N–H and O–H groups in total. The lowest BCUT2D eigenvalue weighted by Crippen LogP contribution is -2.41. The number of anilines is 1. The van der Waals surface area contributed by atoms with Crippen LogP contribution in [0.4, 0.5) is 5.82 Å². The Hall–Kier alpha value is -2.90. The van der Waals surface area contributed by atoms with Crippen LogP contribution in [0.15, 0.2) is 48.9 Å². The van der Waals surface area contributed by atoms with Gasteiger partial charge in [-0.25, -0.2) is 4.98 Å². The number of nitrogens with two attached hydrogens (primary N) is 1. The molecule has 30 heavy (non-hydrogen) atoms. The van der Waals surface area contributed by atoms with Crippen molar-refractivity contribution < 1.29 is 9.53 Å². The minimum absolute atomic E-state index is 0.0522. The Bertz CT molecular complexity index is 1050. The number of ether oxygens (including phenoxy) is 1. The topological polar surface area (TPSA) is 95.1 Å². The van der Waals surface area contributed by atoms with Crippen molar-refractivity contribution in [3.05, 3.63) is 65.1 Å². The molecule has 3 aromatic rings. The predicted octanol–water partition coefficient (Wildman–Crippen LogP) is 3.59. The van der Waals surface area contributed by atoms with Crippen LogP contribution in [0.3, 0.4) is 0 Å². The monoisotopic (exact) mass is 425 g/mol. The largest absolute Gasteiger partial charge is 0.383 e. The average Bonchev–Trinajstić information content (AvgIpc) is 3.35. The molecule has 1 fully saturated rings. The lowest BCUT2D eigenvalue weighted by molar-refractivity contribution is 0.0272. The highest BCUT2D eigenvalue weighted by atomic mass is 35.5. The lowest BCUT2D eigenvalue weighted by atomic mass is 10.1. The lowest BCUT2D eigenvalue weighted by Gasteiger charge is -2.22. The Kier molecular flexibility index (Phi) is 6.01. The molecule has 2 heterocycles. The first-order chi connectivity index (χ1) is 14.5. The minimum atomic E-state index is -0.242. The van der Waals surface area contributed by atoms with Crippen LogP contribution in [-0.2, 0) is 18.4 Å². The fourth-order valence-corrected chi connectivity index (χ4v) is 3.97. The molecule has 7 nitrogen and oxygen atoms in total. The molecule has 1 amide bonds. The second-order valence-corrected chi connectivity index (χ2v) is 7.99. The Labute approximate surface area is 180 Å². The first kappa shape index (κ1) is 20.4. The summed E-state index contributed by atoms with van der Waals surface area (Å²) in [6, 6.07) is 9.29. The predicted molar refractivity (Wildman–Crippen MR) is 116 cm³/mol. The fourth-order valence-electron chi connectivity index (χ4n) is 3.75. The maximum atomic E-state index is 12.9. The number of nitrogen functional groups attached to an aromatic ring is 1. The SMILES string of the molecule is Cn1cc(-c2cnc(N)c(C(=O)NC3CCCC3OCc3cccc(Cl)c3)c2)cn1. The van der Waals surface area contributed by atoms with Gasteiger partial charge < -0.3 is 15.8 Å². The van der Waals surface area contributed by atoms with Crippen LogP contribution in [-0.4, -0.2) is 32.8 Å². The molecule has 0 bridgehead atoms. The number of aromatic nitrogens is 3. The van der Waals surface area contributed by atoms with Gasteiger partial charge in [-0.15, -0.1) is 0 Å². The molecule has 156 valence electrons. The number of aryl methyl sites for hydroxylation is 1. The maximum absolute atomic E-state index is 12.9. The van der Waals surface area contributed by atoms with Crippen molar-refractivity contribution in [2.75, 3.05) is 5.73 Å². The molecule has 0 spiro atoms. The highest BCUT2D eigenvalue weighted by molar-refractivity contribution is 6.30. The van der Waals surface area contributed by atoms with Crippen molar-refractivity contribution in [2.45, 2.75) is 38.0 Å². The number of hydrogen-bond donors (Lipinski definition) is 2. The number of carbonyl (C=O) groups excluding carboxylic acids is 1. The van der Waals surface area contributed by atoms with E-state index in [1.165, 1.54) is 0 Å². The number of amides is 1. The van der Waals surface area contributed by atoms with Gasteiger partial charge in [0.15, 0.2) is 0 Å². The number of benzene rings is 1. The van der Waals surface area contributed by atoms with Crippen LogP contribution in [0.2, 0.25) is 5.02 Å². The maximum Gasteiger partial charge on any atom is 0.255 e. The molecule has 1 aromatic carbocycles. The van der Waals surface area contributed by atoms with Crippen LogP contribution < -0.4 is 11.1 Å². The zero-order valence-electron chi connectivity index (χ0n) is 16.7. The van der Waals surface area contributed by atoms with E-state index in [-0.39, 0.29) is 23.9 Å². The van der Waals surface area contributed by atoms with Gasteiger partial charge in [-0.1, -0.05) is 23.7 Å². The Balaban J connectivity index is 1.43. The van der Waals surface area contributed by atoms with E-state index in [1.54, 1.807) is 23.1 Å². The highest BCUT2D eigenvalue weighted by Crippen LogP contribution is 2.26. The van der Waals surface area contributed by atoms with Crippen LogP contribution >= 0.6 is 11.6 Å². The summed E-state index contributed by atoms with van der Waals surface area (Å²) in [6.07, 6.45) is 7.95. The van der Waals surface area contributed by atoms with E-state index in [2.05, 4.69) is 15.4 Å². The standard InChI is InChI=1S/C22H24ClN5O2/c1-28-12-16(11-26-28)15-9-18(21(24)25-10-15)22(29)27-19-6-3-7-20(19)30-13-14-4-2-5-17(23)8-14/h2,4-5,8-12,19-20H,3,6-7,13H2,1H3,(H2,24,25)(H,27,29). The van der Waals surface area contributed by atoms with Crippen LogP contribution in [0.5, 0.6) is 0 Å². The third-order valence-electron chi connectivity index (χ3n) is 5.32. The molecule has 2 aromatic heterocycles. The van der Waals surface area contributed by atoms with Crippen molar-refractivity contribution in [1.29, 1.82) is 0 Å². The summed E-state index contributed by atoms with van der Waals surface area (Å²) in [7, 11) is 1.84. The van der Waals surface area contributed by atoms with Crippen molar-refractivity contribution in [3.8, 4) is 11.1 Å². The number of pyridine rings is 1. The quantitative estimate of drug-likeness (QED) is 0.629. The summed E-state index contributed by atoms with van der Waals surface area (Å²) in [5, 5.41) is 7.94. The number of carbonyl (C=O) groups is 1. The Morgan fingerprint density at radius 1 is 1.30 bits per heavy atom. The third-order valence-corrected chi connectivity index (χ3v) is 5.56. The van der Waals surface area contributed by atoms with Gasteiger partial charge in [-0.05, 0) is 43.0 Å². The first-order valence-corrected chi connectivity index (χ1v) is 10.3. The summed E-state index contributed by atoms with van der Waals surface area (Å²) >= 11 is 6.04. The molecule has 0 radical (unpaired) electrons. The van der Waals surface area contributed by atoms with E-state index in [0.29, 0.717) is 17.2 Å². The molecule has 1 aliphatic rings. The van der Waals surface area contributed by atoms with Crippen LogP contribution in [0, 0.1) is 0 Å². The molecule has 0 aliphatic heterocycles. The molecule has 2 unspecified atom stereocenters. The van der Waals surface area contributed by atoms with Crippen molar-refractivity contribution >= 4 is 23.3 Å². The van der Waals surface area contributed by atoms with Gasteiger partial charge in [-0.3, -0.25) is 9.48 Å². The number of hydrogen-bond acceptors (Lipinski definition) is 5. The van der Waals surface area contributed by atoms with Crippen LogP contribution in [0.25, 0.3) is 11.1 Å². The van der Waals surface area contributed by atoms with Gasteiger partial charge in [0.05, 0.1) is 30.5 Å². The smallest absolute Gasteiger partial charge is 0.255 e. The van der Waals surface area contributed by atoms with Crippen molar-refractivity contribution in [3.63, 3.8) is 0 Å². The van der Waals surface area contributed by atoms with E-state index in [0.717, 1.165) is 36.0 Å². The number of nitrogens with zero attached hydrogens (tertiary/aromatic N) is 3. The van der Waals surface area contributed by atoms with Gasteiger partial charge >= 0.3 is 0 Å². The second-order valence-electron chi connectivity index (χ2n) is 7.55. The van der Waals surface area contributed by atoms with Crippen molar-refractivity contribution in [1.82, 2.24) is 20.1 Å². The number of nitrogens with one attached hydrogen (secondary N) is 1. The molecule has 2 atom stereocenters. The first-order valence-electron chi connectivity index (χ1n) is 9.91. The molecule has 0 saturated heterocycles. The van der Waals surface area contributed by atoms with E-state index >= 15 is 0 Å². The van der Waals surface area contributed by atoms with E-state index in [4.69, 9.17) is 22.1 Å². The average molecular weight is 426 g/mol. The number of rotatable bonds is 6. The molecule has 1 aliphatic carbocycles. The zero-order chi connectivity index (χ0) is 21.1. The molecule has 1 saturated carbocycles. The minimum Gasteiger partial charge on any atom is -0.383 e. The normalized spacial score (nSPS) is 18.5. The fraction of sp³-hybridized carbons (Fsp3) is 0.318. The highest BCUT2D eigenvalue weighted by Gasteiger charge is 2.30. The third kappa shape index (κ3) is 4.63. The molecule has 4 rings (SSSR count). The summed E-state index contributed by atoms with van der Waals surface area (Å²) in [6.45, 7) is 0.456. The van der Waals surface area contributed by atoms with Gasteiger partial charge in [-0.2, -0.15) is 5.10 Å². The Morgan fingerprint density at radius 3 is 2.93 bits per heavy atom. The molecular weight excluding hydrogens is 402 g/mol. The van der Waals surface area contributed by atoms with Gasteiger partial charge in [0, 0.05) is 35.6 Å². The van der Waals surface area contributed by atoms with E-state index in [9.17, 15) is 4.79 Å². The molecule has 8 heteroatoms. The van der Waals surface area contributed by atoms with Gasteiger partial charge in [0.2, 0.25) is 0 Å². The van der Waals surface area contributed by atoms with E-state index in [1.807, 2.05) is 37.5 Å². The summed E-state index contributed by atoms with van der Waals surface area (Å²) < 4.78 is 7.79. The van der Waals surface area contributed by atoms with Gasteiger partial charge in [0.1, 0.15) is 5.82 Å². The number of halogens is 1. The van der Waals surface area contributed by atoms with E-state index < -0.39 is 0 Å². The summed E-state index contributed by atoms with van der Waals surface area (Å²) in [5.74, 6) is -0.0384. The Morgan fingerprint density at radius 2 is 2.17 bits per heavy atom. The second kappa shape index (κ2) is 8.85. The van der Waals surface area contributed by atoms with Crippen molar-refractivity contribution in [2.24, 2.45) is 7.05 Å². The summed E-state index contributed by atoms with van der Waals surface area (Å²) in [5.41, 5.74) is 9.04. The van der Waals surface area contributed by atoms with Crippen LogP contribution in [0.1, 0.15) is 35.2 Å².